The number of nitrogens with one attached hydrogen (secondary N) is 1. The molecule has 0 aliphatic carbocycles. The summed E-state index contributed by atoms with van der Waals surface area (Å²) in [5.41, 5.74) is 5.48. The van der Waals surface area contributed by atoms with Crippen LogP contribution in [0.2, 0.25) is 0 Å². The second kappa shape index (κ2) is 11.1. The minimum Gasteiger partial charge on any atom is -0.380 e. The predicted octanol–water partition coefficient (Wildman–Crippen LogP) is 2.80. The summed E-state index contributed by atoms with van der Waals surface area (Å²) in [4.78, 5) is 12.9. The Morgan fingerprint density at radius 2 is 2.19 bits per heavy atom. The predicted molar refractivity (Wildman–Crippen MR) is 91.6 cm³/mol. The Morgan fingerprint density at radius 1 is 1.43 bits per heavy atom. The van der Waals surface area contributed by atoms with Crippen molar-refractivity contribution in [2.45, 2.75) is 30.3 Å². The number of amides is 1. The van der Waals surface area contributed by atoms with Gasteiger partial charge in [0.05, 0.1) is 12.5 Å². The lowest BCUT2D eigenvalue weighted by Crippen LogP contribution is -2.32. The van der Waals surface area contributed by atoms with E-state index in [2.05, 4.69) is 27.3 Å². The molecule has 0 saturated carbocycles. The topological polar surface area (TPSA) is 64.3 Å². The fraction of sp³-hybridized carbons (Fsp3) is 0.533. The molecule has 118 valence electrons. The first kappa shape index (κ1) is 18.5. The normalized spacial score (nSPS) is 12.1. The Morgan fingerprint density at radius 3 is 2.86 bits per heavy atom. The minimum atomic E-state index is -0.184. The van der Waals surface area contributed by atoms with Gasteiger partial charge in [0.15, 0.2) is 0 Å². The summed E-state index contributed by atoms with van der Waals surface area (Å²) in [5, 5.41) is 2.90. The number of unbranched alkanes of at least 4 members (excludes halogenated alkanes) is 1. The van der Waals surface area contributed by atoms with Crippen molar-refractivity contribution in [1.29, 1.82) is 0 Å². The standard InChI is InChI=1S/C15H23BrN2O2S/c1-20-12(11-17)10-15(19)18-8-4-5-9-21-14-7-3-2-6-13(14)16/h2-3,6-7,12H,4-5,8-11,17H2,1H3,(H,18,19). The molecule has 0 aromatic heterocycles. The molecular formula is C15H23BrN2O2S. The number of benzene rings is 1. The average Bonchev–Trinajstić information content (AvgIpc) is 2.50. The molecular weight excluding hydrogens is 352 g/mol. The van der Waals surface area contributed by atoms with Crippen LogP contribution in [0.5, 0.6) is 0 Å². The van der Waals surface area contributed by atoms with Crippen molar-refractivity contribution in [3.05, 3.63) is 28.7 Å². The first-order chi connectivity index (χ1) is 10.2. The van der Waals surface area contributed by atoms with Gasteiger partial charge in [-0.25, -0.2) is 0 Å². The fourth-order valence-corrected chi connectivity index (χ4v) is 3.32. The third-order valence-electron chi connectivity index (χ3n) is 3.00. The molecule has 3 N–H and O–H groups in total. The van der Waals surface area contributed by atoms with Crippen molar-refractivity contribution in [3.63, 3.8) is 0 Å². The van der Waals surface area contributed by atoms with Crippen molar-refractivity contribution >= 4 is 33.6 Å². The molecule has 0 saturated heterocycles. The molecule has 1 aromatic rings. The number of hydrogen-bond donors (Lipinski definition) is 2. The highest BCUT2D eigenvalue weighted by molar-refractivity contribution is 9.10. The van der Waals surface area contributed by atoms with E-state index < -0.39 is 0 Å². The average molecular weight is 375 g/mol. The van der Waals surface area contributed by atoms with Gasteiger partial charge in [-0.2, -0.15) is 0 Å². The Hall–Kier alpha value is -0.560. The molecule has 1 aromatic carbocycles. The first-order valence-corrected chi connectivity index (χ1v) is 8.82. The summed E-state index contributed by atoms with van der Waals surface area (Å²) in [6.45, 7) is 1.07. The lowest BCUT2D eigenvalue weighted by atomic mass is 10.2. The maximum Gasteiger partial charge on any atom is 0.222 e. The zero-order chi connectivity index (χ0) is 15.5. The summed E-state index contributed by atoms with van der Waals surface area (Å²) in [6, 6.07) is 8.20. The van der Waals surface area contributed by atoms with Gasteiger partial charge in [-0.3, -0.25) is 4.79 Å². The van der Waals surface area contributed by atoms with Crippen LogP contribution in [0.1, 0.15) is 19.3 Å². The number of halogens is 1. The number of carbonyl (C=O) groups excluding carboxylic acids is 1. The summed E-state index contributed by atoms with van der Waals surface area (Å²) < 4.78 is 6.22. The molecule has 6 heteroatoms. The van der Waals surface area contributed by atoms with Crippen LogP contribution < -0.4 is 11.1 Å². The van der Waals surface area contributed by atoms with Crippen LogP contribution in [-0.2, 0) is 9.53 Å². The molecule has 21 heavy (non-hydrogen) atoms. The van der Waals surface area contributed by atoms with E-state index in [1.165, 1.54) is 4.90 Å². The third kappa shape index (κ3) is 7.85. The van der Waals surface area contributed by atoms with Crippen molar-refractivity contribution in [2.24, 2.45) is 5.73 Å². The molecule has 1 amide bonds. The lowest BCUT2D eigenvalue weighted by Gasteiger charge is -2.12. The maximum absolute atomic E-state index is 11.6. The van der Waals surface area contributed by atoms with Gasteiger partial charge in [0.2, 0.25) is 5.91 Å². The number of carbonyl (C=O) groups is 1. The highest BCUT2D eigenvalue weighted by Gasteiger charge is 2.10. The van der Waals surface area contributed by atoms with Gasteiger partial charge in [0, 0.05) is 29.6 Å². The minimum absolute atomic E-state index is 0.00533. The summed E-state index contributed by atoms with van der Waals surface area (Å²) in [7, 11) is 1.57. The molecule has 1 unspecified atom stereocenters. The first-order valence-electron chi connectivity index (χ1n) is 7.04. The van der Waals surface area contributed by atoms with E-state index in [4.69, 9.17) is 10.5 Å². The van der Waals surface area contributed by atoms with Crippen molar-refractivity contribution in [1.82, 2.24) is 5.32 Å². The molecule has 0 bridgehead atoms. The van der Waals surface area contributed by atoms with Crippen LogP contribution in [0.3, 0.4) is 0 Å². The molecule has 0 heterocycles. The van der Waals surface area contributed by atoms with Gasteiger partial charge in [-0.15, -0.1) is 11.8 Å². The molecule has 1 rings (SSSR count). The summed E-state index contributed by atoms with van der Waals surface area (Å²) in [5.74, 6) is 1.05. The molecule has 1 atom stereocenters. The largest absolute Gasteiger partial charge is 0.380 e. The quantitative estimate of drug-likeness (QED) is 0.488. The lowest BCUT2D eigenvalue weighted by molar-refractivity contribution is -0.123. The fourth-order valence-electron chi connectivity index (χ4n) is 1.74. The molecule has 4 nitrogen and oxygen atoms in total. The molecule has 0 aliphatic heterocycles. The Bertz CT molecular complexity index is 428. The van der Waals surface area contributed by atoms with Crippen LogP contribution >= 0.6 is 27.7 Å². The Balaban J connectivity index is 2.07. The second-order valence-electron chi connectivity index (χ2n) is 4.63. The molecule has 0 fully saturated rings. The van der Waals surface area contributed by atoms with E-state index in [-0.39, 0.29) is 12.0 Å². The van der Waals surface area contributed by atoms with Gasteiger partial charge in [0.25, 0.3) is 0 Å². The second-order valence-corrected chi connectivity index (χ2v) is 6.62. The third-order valence-corrected chi connectivity index (χ3v) is 5.11. The number of methoxy groups -OCH3 is 1. The summed E-state index contributed by atoms with van der Waals surface area (Å²) >= 11 is 5.36. The zero-order valence-electron chi connectivity index (χ0n) is 12.3. The highest BCUT2D eigenvalue weighted by atomic mass is 79.9. The maximum atomic E-state index is 11.6. The Kier molecular flexibility index (Phi) is 9.74. The molecule has 0 aliphatic rings. The zero-order valence-corrected chi connectivity index (χ0v) is 14.7. The van der Waals surface area contributed by atoms with E-state index in [1.807, 2.05) is 30.0 Å². The van der Waals surface area contributed by atoms with Gasteiger partial charge < -0.3 is 15.8 Å². The Labute approximate surface area is 139 Å². The molecule has 0 spiro atoms. The van der Waals surface area contributed by atoms with Crippen LogP contribution in [-0.4, -0.2) is 38.0 Å². The van der Waals surface area contributed by atoms with Gasteiger partial charge in [-0.05, 0) is 46.7 Å². The SMILES string of the molecule is COC(CN)CC(=O)NCCCCSc1ccccc1Br. The van der Waals surface area contributed by atoms with Crippen LogP contribution in [0.4, 0.5) is 0 Å². The number of ether oxygens (including phenoxy) is 1. The van der Waals surface area contributed by atoms with Crippen LogP contribution in [0.15, 0.2) is 33.6 Å². The van der Waals surface area contributed by atoms with E-state index in [1.54, 1.807) is 7.11 Å². The van der Waals surface area contributed by atoms with Crippen molar-refractivity contribution in [3.8, 4) is 0 Å². The number of nitrogens with two attached hydrogens (primary N) is 1. The van der Waals surface area contributed by atoms with E-state index >= 15 is 0 Å². The van der Waals surface area contributed by atoms with Gasteiger partial charge >= 0.3 is 0 Å². The van der Waals surface area contributed by atoms with E-state index in [9.17, 15) is 4.79 Å². The van der Waals surface area contributed by atoms with Crippen LogP contribution in [0, 0.1) is 0 Å². The van der Waals surface area contributed by atoms with Crippen molar-refractivity contribution < 1.29 is 9.53 Å². The van der Waals surface area contributed by atoms with E-state index in [0.29, 0.717) is 19.5 Å². The van der Waals surface area contributed by atoms with E-state index in [0.717, 1.165) is 23.1 Å². The smallest absolute Gasteiger partial charge is 0.222 e. The number of hydrogen-bond acceptors (Lipinski definition) is 4. The summed E-state index contributed by atoms with van der Waals surface area (Å²) in [6.07, 6.45) is 2.19. The number of rotatable bonds is 10. The highest BCUT2D eigenvalue weighted by Crippen LogP contribution is 2.27. The van der Waals surface area contributed by atoms with Crippen LogP contribution in [0.25, 0.3) is 0 Å². The van der Waals surface area contributed by atoms with Gasteiger partial charge in [-0.1, -0.05) is 12.1 Å². The van der Waals surface area contributed by atoms with Gasteiger partial charge in [0.1, 0.15) is 0 Å². The number of thioether (sulfide) groups is 1. The van der Waals surface area contributed by atoms with Crippen molar-refractivity contribution in [2.75, 3.05) is 26.0 Å². The monoisotopic (exact) mass is 374 g/mol. The molecule has 0 radical (unpaired) electrons.